The average molecular weight is 264 g/mol. The van der Waals surface area contributed by atoms with E-state index in [4.69, 9.17) is 4.99 Å². The summed E-state index contributed by atoms with van der Waals surface area (Å²) >= 11 is 1.79. The van der Waals surface area contributed by atoms with E-state index in [-0.39, 0.29) is 0 Å². The number of benzene rings is 2. The predicted octanol–water partition coefficient (Wildman–Crippen LogP) is 4.49. The maximum atomic E-state index is 4.85. The third-order valence-corrected chi connectivity index (χ3v) is 4.37. The van der Waals surface area contributed by atoms with Crippen LogP contribution in [0.1, 0.15) is 11.3 Å². The van der Waals surface area contributed by atoms with Gasteiger partial charge in [0.1, 0.15) is 5.04 Å². The summed E-state index contributed by atoms with van der Waals surface area (Å²) in [6.45, 7) is 0. The zero-order valence-electron chi connectivity index (χ0n) is 10.3. The number of rotatable bonds is 1. The van der Waals surface area contributed by atoms with Crippen LogP contribution in [0, 0.1) is 0 Å². The molecule has 0 aliphatic carbocycles. The number of hydrogen-bond acceptors (Lipinski definition) is 2. The Bertz CT molecular complexity index is 772. The Morgan fingerprint density at radius 3 is 2.63 bits per heavy atom. The molecule has 0 spiro atoms. The standard InChI is InChI=1S/C16H12N2S/c1-2-6-11(7-3-1)16-18-15-12-8-4-5-9-13(12)17-14(15)10-19-16/h1-9,17H,10H2. The number of aliphatic imine (C=N–C) groups is 1. The number of aromatic nitrogens is 1. The molecule has 1 aliphatic heterocycles. The fourth-order valence-electron chi connectivity index (χ4n) is 2.42. The van der Waals surface area contributed by atoms with Crippen molar-refractivity contribution < 1.29 is 0 Å². The lowest BCUT2D eigenvalue weighted by atomic mass is 10.2. The molecule has 0 saturated carbocycles. The van der Waals surface area contributed by atoms with Gasteiger partial charge in [-0.2, -0.15) is 0 Å². The van der Waals surface area contributed by atoms with Crippen molar-refractivity contribution in [3.63, 3.8) is 0 Å². The molecule has 3 heteroatoms. The lowest BCUT2D eigenvalue weighted by Crippen LogP contribution is -2.00. The molecule has 0 fully saturated rings. The minimum absolute atomic E-state index is 0.956. The van der Waals surface area contributed by atoms with Gasteiger partial charge < -0.3 is 4.98 Å². The summed E-state index contributed by atoms with van der Waals surface area (Å²) in [6, 6.07) is 18.7. The minimum Gasteiger partial charge on any atom is -0.356 e. The van der Waals surface area contributed by atoms with Gasteiger partial charge >= 0.3 is 0 Å². The average Bonchev–Trinajstić information content (AvgIpc) is 2.86. The SMILES string of the molecule is c1ccc(C2=Nc3c([nH]c4ccccc34)CS2)cc1. The first kappa shape index (κ1) is 10.9. The van der Waals surface area contributed by atoms with Crippen LogP contribution < -0.4 is 0 Å². The van der Waals surface area contributed by atoms with E-state index in [0.717, 1.165) is 16.5 Å². The number of nitrogens with one attached hydrogen (secondary N) is 1. The second-order valence-corrected chi connectivity index (χ2v) is 5.53. The molecule has 3 aromatic rings. The Kier molecular flexibility index (Phi) is 2.45. The summed E-state index contributed by atoms with van der Waals surface area (Å²) in [5.41, 5.74) is 4.70. The van der Waals surface area contributed by atoms with Crippen LogP contribution in [0.15, 0.2) is 59.6 Å². The lowest BCUT2D eigenvalue weighted by molar-refractivity contribution is 1.25. The minimum atomic E-state index is 0.956. The third kappa shape index (κ3) is 1.78. The van der Waals surface area contributed by atoms with Crippen molar-refractivity contribution in [2.75, 3.05) is 0 Å². The Labute approximate surface area is 115 Å². The number of fused-ring (bicyclic) bond motifs is 3. The molecule has 1 aliphatic rings. The van der Waals surface area contributed by atoms with Crippen LogP contribution >= 0.6 is 11.8 Å². The molecule has 4 rings (SSSR count). The molecule has 0 atom stereocenters. The number of H-pyrrole nitrogens is 1. The summed E-state index contributed by atoms with van der Waals surface area (Å²) in [4.78, 5) is 8.31. The third-order valence-electron chi connectivity index (χ3n) is 3.34. The number of para-hydroxylation sites is 1. The monoisotopic (exact) mass is 264 g/mol. The molecule has 1 aromatic heterocycles. The maximum Gasteiger partial charge on any atom is 0.104 e. The molecule has 1 N–H and O–H groups in total. The van der Waals surface area contributed by atoms with Crippen molar-refractivity contribution >= 4 is 33.4 Å². The van der Waals surface area contributed by atoms with Crippen LogP contribution in [-0.4, -0.2) is 10.0 Å². The highest BCUT2D eigenvalue weighted by Crippen LogP contribution is 2.38. The topological polar surface area (TPSA) is 28.1 Å². The molecular formula is C16H12N2S. The van der Waals surface area contributed by atoms with Crippen molar-refractivity contribution in [3.05, 3.63) is 65.9 Å². The Morgan fingerprint density at radius 1 is 0.947 bits per heavy atom. The molecule has 0 unspecified atom stereocenters. The van der Waals surface area contributed by atoms with Crippen LogP contribution in [0.5, 0.6) is 0 Å². The summed E-state index contributed by atoms with van der Waals surface area (Å²) < 4.78 is 0. The quantitative estimate of drug-likeness (QED) is 0.689. The summed E-state index contributed by atoms with van der Waals surface area (Å²) in [5, 5.41) is 2.32. The molecular weight excluding hydrogens is 252 g/mol. The van der Waals surface area contributed by atoms with Crippen LogP contribution in [-0.2, 0) is 5.75 Å². The van der Waals surface area contributed by atoms with E-state index in [0.29, 0.717) is 0 Å². The van der Waals surface area contributed by atoms with Gasteiger partial charge in [-0.3, -0.25) is 0 Å². The van der Waals surface area contributed by atoms with Gasteiger partial charge in [0, 0.05) is 22.2 Å². The van der Waals surface area contributed by atoms with Gasteiger partial charge in [-0.1, -0.05) is 60.3 Å². The summed E-state index contributed by atoms with van der Waals surface area (Å²) in [7, 11) is 0. The molecule has 0 saturated heterocycles. The molecule has 2 heterocycles. The fourth-order valence-corrected chi connectivity index (χ4v) is 3.37. The predicted molar refractivity (Wildman–Crippen MR) is 82.2 cm³/mol. The highest BCUT2D eigenvalue weighted by Gasteiger charge is 2.18. The highest BCUT2D eigenvalue weighted by molar-refractivity contribution is 8.13. The first-order valence-corrected chi connectivity index (χ1v) is 7.27. The normalized spacial score (nSPS) is 14.2. The van der Waals surface area contributed by atoms with Gasteiger partial charge in [-0.25, -0.2) is 4.99 Å². The highest BCUT2D eigenvalue weighted by atomic mass is 32.2. The van der Waals surface area contributed by atoms with Gasteiger partial charge in [-0.05, 0) is 6.07 Å². The lowest BCUT2D eigenvalue weighted by Gasteiger charge is -2.12. The van der Waals surface area contributed by atoms with Crippen LogP contribution in [0.3, 0.4) is 0 Å². The number of nitrogens with zero attached hydrogens (tertiary/aromatic N) is 1. The fraction of sp³-hybridized carbons (Fsp3) is 0.0625. The Balaban J connectivity index is 1.91. The number of aromatic amines is 1. The van der Waals surface area contributed by atoms with E-state index in [2.05, 4.69) is 53.5 Å². The smallest absolute Gasteiger partial charge is 0.104 e. The molecule has 92 valence electrons. The van der Waals surface area contributed by atoms with E-state index in [1.807, 2.05) is 6.07 Å². The van der Waals surface area contributed by atoms with Gasteiger partial charge in [0.15, 0.2) is 0 Å². The first-order valence-electron chi connectivity index (χ1n) is 6.28. The van der Waals surface area contributed by atoms with E-state index in [1.54, 1.807) is 11.8 Å². The molecule has 2 aromatic carbocycles. The van der Waals surface area contributed by atoms with Crippen molar-refractivity contribution in [3.8, 4) is 0 Å². The maximum absolute atomic E-state index is 4.85. The second-order valence-electron chi connectivity index (χ2n) is 4.57. The second kappa shape index (κ2) is 4.28. The zero-order valence-corrected chi connectivity index (χ0v) is 11.1. The molecule has 0 amide bonds. The summed E-state index contributed by atoms with van der Waals surface area (Å²) in [6.07, 6.45) is 0. The first-order chi connectivity index (χ1) is 9.42. The summed E-state index contributed by atoms with van der Waals surface area (Å²) in [5.74, 6) is 0.956. The van der Waals surface area contributed by atoms with Crippen molar-refractivity contribution in [2.45, 2.75) is 5.75 Å². The van der Waals surface area contributed by atoms with Gasteiger partial charge in [-0.15, -0.1) is 0 Å². The van der Waals surface area contributed by atoms with Gasteiger partial charge in [0.05, 0.1) is 11.4 Å². The molecule has 2 nitrogen and oxygen atoms in total. The van der Waals surface area contributed by atoms with Gasteiger partial charge in [0.2, 0.25) is 0 Å². The van der Waals surface area contributed by atoms with E-state index >= 15 is 0 Å². The van der Waals surface area contributed by atoms with Crippen molar-refractivity contribution in [2.24, 2.45) is 4.99 Å². The van der Waals surface area contributed by atoms with E-state index in [9.17, 15) is 0 Å². The molecule has 19 heavy (non-hydrogen) atoms. The van der Waals surface area contributed by atoms with E-state index in [1.165, 1.54) is 22.2 Å². The number of hydrogen-bond donors (Lipinski definition) is 1. The zero-order chi connectivity index (χ0) is 12.7. The van der Waals surface area contributed by atoms with Crippen LogP contribution in [0.2, 0.25) is 0 Å². The van der Waals surface area contributed by atoms with Gasteiger partial charge in [0.25, 0.3) is 0 Å². The molecule has 0 bridgehead atoms. The largest absolute Gasteiger partial charge is 0.356 e. The van der Waals surface area contributed by atoms with E-state index < -0.39 is 0 Å². The number of thioether (sulfide) groups is 1. The van der Waals surface area contributed by atoms with Crippen LogP contribution in [0.4, 0.5) is 5.69 Å². The Hall–Kier alpha value is -2.00. The van der Waals surface area contributed by atoms with Crippen LogP contribution in [0.25, 0.3) is 10.9 Å². The van der Waals surface area contributed by atoms with Crippen molar-refractivity contribution in [1.29, 1.82) is 0 Å². The Morgan fingerprint density at radius 2 is 1.74 bits per heavy atom. The molecule has 0 radical (unpaired) electrons. The van der Waals surface area contributed by atoms with Crippen molar-refractivity contribution in [1.82, 2.24) is 4.98 Å².